The van der Waals surface area contributed by atoms with Crippen molar-refractivity contribution in [1.29, 1.82) is 0 Å². The Morgan fingerprint density at radius 3 is 1.06 bits per heavy atom. The molecule has 0 saturated heterocycles. The van der Waals surface area contributed by atoms with Gasteiger partial charge in [-0.15, -0.1) is 0 Å². The molecule has 2 heterocycles. The Bertz CT molecular complexity index is 2700. The van der Waals surface area contributed by atoms with E-state index in [0.717, 1.165) is 53.6 Å². The quantitative estimate of drug-likeness (QED) is 0.0877. The predicted molar refractivity (Wildman–Crippen MR) is 252 cm³/mol. The summed E-state index contributed by atoms with van der Waals surface area (Å²) in [7, 11) is 3.63. The van der Waals surface area contributed by atoms with Gasteiger partial charge in [-0.3, -0.25) is 9.36 Å². The summed E-state index contributed by atoms with van der Waals surface area (Å²) in [6.45, 7) is 0.711. The van der Waals surface area contributed by atoms with Gasteiger partial charge in [-0.1, -0.05) is 48.5 Å². The molecular formula is C49H60N6O10S2. The minimum atomic E-state index is -3.95. The summed E-state index contributed by atoms with van der Waals surface area (Å²) in [6, 6.07) is 32.5. The lowest BCUT2D eigenvalue weighted by atomic mass is 9.77. The average molecular weight is 957 g/mol. The minimum Gasteiger partial charge on any atom is -0.497 e. The topological polar surface area (TPSA) is 177 Å². The van der Waals surface area contributed by atoms with E-state index in [0.29, 0.717) is 41.5 Å². The summed E-state index contributed by atoms with van der Waals surface area (Å²) in [5.41, 5.74) is 3.18. The van der Waals surface area contributed by atoms with Crippen LogP contribution < -0.4 is 18.9 Å². The van der Waals surface area contributed by atoms with Gasteiger partial charge in [0.2, 0.25) is 0 Å². The van der Waals surface area contributed by atoms with Gasteiger partial charge in [0.1, 0.15) is 34.2 Å². The van der Waals surface area contributed by atoms with E-state index in [1.165, 1.54) is 19.4 Å². The van der Waals surface area contributed by atoms with Gasteiger partial charge in [0, 0.05) is 59.5 Å². The second-order valence-electron chi connectivity index (χ2n) is 16.9. The third-order valence-corrected chi connectivity index (χ3v) is 16.0. The summed E-state index contributed by atoms with van der Waals surface area (Å²) >= 11 is 0. The van der Waals surface area contributed by atoms with Crippen LogP contribution in [0.1, 0.15) is 72.2 Å². The lowest BCUT2D eigenvalue weighted by Gasteiger charge is -2.40. The minimum absolute atomic E-state index is 0.0235. The Kier molecular flexibility index (Phi) is 15.1. The van der Waals surface area contributed by atoms with E-state index in [1.807, 2.05) is 72.8 Å². The highest BCUT2D eigenvalue weighted by atomic mass is 32.2. The largest absolute Gasteiger partial charge is 0.497 e. The smallest absolute Gasteiger partial charge is 0.263 e. The molecule has 0 amide bonds. The van der Waals surface area contributed by atoms with Gasteiger partial charge in [0.25, 0.3) is 20.0 Å². The van der Waals surface area contributed by atoms with E-state index in [-0.39, 0.29) is 36.2 Å². The van der Waals surface area contributed by atoms with Gasteiger partial charge in [-0.25, -0.2) is 16.8 Å². The Morgan fingerprint density at radius 1 is 0.507 bits per heavy atom. The first kappa shape index (κ1) is 49.2. The highest BCUT2D eigenvalue weighted by molar-refractivity contribution is 7.89. The van der Waals surface area contributed by atoms with Gasteiger partial charge in [-0.05, 0) is 109 Å². The van der Waals surface area contributed by atoms with Crippen molar-refractivity contribution in [2.75, 3.05) is 35.5 Å². The van der Waals surface area contributed by atoms with Crippen molar-refractivity contribution in [3.05, 3.63) is 143 Å². The van der Waals surface area contributed by atoms with Gasteiger partial charge < -0.3 is 28.8 Å². The number of hydrogen-bond donors (Lipinski definition) is 1. The number of aryl methyl sites for hydroxylation is 2. The molecule has 0 radical (unpaired) electrons. The molecule has 1 N–H and O–H groups in total. The molecular weight excluding hydrogens is 897 g/mol. The standard InChI is InChI=1S/C25H31N3O5S.C24H29N3O5S/c1-27-23(25(33-4)14-5-15-25)16-24(26-27)34(29,30)28(17-19-6-10-21(31-2)11-7-19)18-20-8-12-22(32-3)13-9-20;1-26-22(24(28)13-4-14-24)15-23(25-26)33(29,30)27(16-18-5-9-20(31-2)10-6-18)17-19-7-11-21(32-3)12-8-19/h6-13,16H,5,14-15,17-18H2,1-4H3;5-12,15,28H,4,13-14,16-17H2,1-3H3. The average Bonchev–Trinajstić information content (AvgIpc) is 3.92. The molecule has 0 spiro atoms. The molecule has 8 rings (SSSR count). The van der Waals surface area contributed by atoms with Crippen molar-refractivity contribution in [3.8, 4) is 23.0 Å². The molecule has 16 nitrogen and oxygen atoms in total. The number of methoxy groups -OCH3 is 5. The summed E-state index contributed by atoms with van der Waals surface area (Å²) in [4.78, 5) is 0. The molecule has 2 aromatic heterocycles. The van der Waals surface area contributed by atoms with Crippen molar-refractivity contribution < 1.29 is 45.6 Å². The summed E-state index contributed by atoms with van der Waals surface area (Å²) in [6.07, 6.45) is 4.86. The number of aromatic nitrogens is 4. The number of hydrogen-bond acceptors (Lipinski definition) is 12. The molecule has 2 aliphatic carbocycles. The Morgan fingerprint density at radius 2 is 0.806 bits per heavy atom. The fourth-order valence-corrected chi connectivity index (χ4v) is 11.1. The molecule has 18 heteroatoms. The maximum absolute atomic E-state index is 13.8. The first-order chi connectivity index (χ1) is 32.1. The number of sulfonamides is 2. The fraction of sp³-hybridized carbons (Fsp3) is 0.388. The second kappa shape index (κ2) is 20.6. The predicted octanol–water partition coefficient (Wildman–Crippen LogP) is 7.05. The van der Waals surface area contributed by atoms with Crippen LogP contribution in [0.25, 0.3) is 0 Å². The van der Waals surface area contributed by atoms with Crippen LogP contribution in [-0.2, 0) is 76.3 Å². The van der Waals surface area contributed by atoms with Crippen LogP contribution in [0.4, 0.5) is 0 Å². The number of rotatable bonds is 19. The van der Waals surface area contributed by atoms with E-state index in [2.05, 4.69) is 10.2 Å². The first-order valence-electron chi connectivity index (χ1n) is 21.9. The third kappa shape index (κ3) is 10.8. The van der Waals surface area contributed by atoms with Crippen molar-refractivity contribution in [2.24, 2.45) is 14.1 Å². The molecule has 0 unspecified atom stereocenters. The SMILES string of the molecule is COc1ccc(CN(Cc2ccc(OC)cc2)S(=O)(=O)c2cc(C3(O)CCC3)n(C)n2)cc1.COc1ccc(CN(Cc2ccc(OC)cc2)S(=O)(=O)c2cc(C3(OC)CCC3)n(C)n2)cc1. The number of nitrogens with zero attached hydrogens (tertiary/aromatic N) is 6. The van der Waals surface area contributed by atoms with Crippen molar-refractivity contribution in [2.45, 2.75) is 86.0 Å². The Labute approximate surface area is 393 Å². The maximum atomic E-state index is 13.8. The maximum Gasteiger partial charge on any atom is 0.263 e. The van der Waals surface area contributed by atoms with E-state index >= 15 is 0 Å². The first-order valence-corrected chi connectivity index (χ1v) is 24.8. The van der Waals surface area contributed by atoms with E-state index in [9.17, 15) is 21.9 Å². The monoisotopic (exact) mass is 956 g/mol. The zero-order valence-electron chi connectivity index (χ0n) is 39.1. The zero-order valence-corrected chi connectivity index (χ0v) is 40.7. The second-order valence-corrected chi connectivity index (χ2v) is 20.6. The lowest BCUT2D eigenvalue weighted by molar-refractivity contribution is -0.0836. The number of aliphatic hydroxyl groups is 1. The molecule has 358 valence electrons. The van der Waals surface area contributed by atoms with Gasteiger partial charge in [0.15, 0.2) is 10.1 Å². The Hall–Kier alpha value is -5.76. The molecule has 6 aromatic rings. The Balaban J connectivity index is 0.000000199. The summed E-state index contributed by atoms with van der Waals surface area (Å²) in [5.74, 6) is 2.83. The molecule has 0 atom stereocenters. The molecule has 67 heavy (non-hydrogen) atoms. The zero-order chi connectivity index (χ0) is 48.0. The summed E-state index contributed by atoms with van der Waals surface area (Å²) in [5, 5.41) is 19.4. The third-order valence-electron chi connectivity index (χ3n) is 12.7. The molecule has 0 aliphatic heterocycles. The van der Waals surface area contributed by atoms with Crippen LogP contribution >= 0.6 is 0 Å². The highest BCUT2D eigenvalue weighted by Gasteiger charge is 2.43. The highest BCUT2D eigenvalue weighted by Crippen LogP contribution is 2.45. The summed E-state index contributed by atoms with van der Waals surface area (Å²) < 4.78 is 87.7. The van der Waals surface area contributed by atoms with E-state index < -0.39 is 31.2 Å². The van der Waals surface area contributed by atoms with E-state index in [4.69, 9.17) is 23.7 Å². The number of benzene rings is 4. The molecule has 4 aromatic carbocycles. The van der Waals surface area contributed by atoms with Gasteiger partial charge in [0.05, 0.1) is 39.8 Å². The van der Waals surface area contributed by atoms with E-state index in [1.54, 1.807) is 84.7 Å². The van der Waals surface area contributed by atoms with Crippen molar-refractivity contribution >= 4 is 20.0 Å². The van der Waals surface area contributed by atoms with Gasteiger partial charge >= 0.3 is 0 Å². The lowest BCUT2D eigenvalue weighted by Crippen LogP contribution is -2.37. The van der Waals surface area contributed by atoms with Crippen LogP contribution in [0.3, 0.4) is 0 Å². The molecule has 2 aliphatic rings. The molecule has 0 bridgehead atoms. The van der Waals surface area contributed by atoms with Gasteiger partial charge in [-0.2, -0.15) is 18.8 Å². The fourth-order valence-electron chi connectivity index (χ4n) is 8.28. The van der Waals surface area contributed by atoms with Crippen molar-refractivity contribution in [1.82, 2.24) is 28.2 Å². The molecule has 2 fully saturated rings. The normalized spacial score (nSPS) is 15.3. The van der Waals surface area contributed by atoms with Crippen molar-refractivity contribution in [3.63, 3.8) is 0 Å². The van der Waals surface area contributed by atoms with Crippen LogP contribution in [0.5, 0.6) is 23.0 Å². The van der Waals surface area contributed by atoms with Crippen LogP contribution in [0.15, 0.2) is 119 Å². The molecule has 2 saturated carbocycles. The van der Waals surface area contributed by atoms with Crippen LogP contribution in [-0.4, -0.2) is 85.7 Å². The van der Waals surface area contributed by atoms with Crippen LogP contribution in [0, 0.1) is 0 Å². The van der Waals surface area contributed by atoms with Crippen LogP contribution in [0.2, 0.25) is 0 Å². The number of ether oxygens (including phenoxy) is 5.